The molecule has 1 heterocycles. The molecule has 0 radical (unpaired) electrons. The van der Waals surface area contributed by atoms with Crippen molar-refractivity contribution in [2.24, 2.45) is 16.0 Å². The van der Waals surface area contributed by atoms with Crippen molar-refractivity contribution in [1.82, 2.24) is 15.6 Å². The maximum atomic E-state index is 14.8. The number of nitrogens with zero attached hydrogens (tertiary/aromatic N) is 4. The molecule has 2 aromatic carbocycles. The predicted octanol–water partition coefficient (Wildman–Crippen LogP) is 4.92. The Bertz CT molecular complexity index is 1160. The Labute approximate surface area is 214 Å². The van der Waals surface area contributed by atoms with Crippen LogP contribution in [0, 0.1) is 29.0 Å². The van der Waals surface area contributed by atoms with Gasteiger partial charge in [-0.3, -0.25) is 15.1 Å². The fourth-order valence-electron chi connectivity index (χ4n) is 4.15. The molecule has 0 aliphatic carbocycles. The average Bonchev–Trinajstić information content (AvgIpc) is 3.29. The summed E-state index contributed by atoms with van der Waals surface area (Å²) >= 11 is 1.26. The lowest BCUT2D eigenvalue weighted by molar-refractivity contribution is -0.139. The lowest BCUT2D eigenvalue weighted by Crippen LogP contribution is -2.44. The first-order valence-corrected chi connectivity index (χ1v) is 12.7. The van der Waals surface area contributed by atoms with Crippen LogP contribution < -0.4 is 10.6 Å². The third kappa shape index (κ3) is 5.85. The molecule has 2 N–H and O–H groups in total. The van der Waals surface area contributed by atoms with E-state index in [1.54, 1.807) is 7.05 Å². The van der Waals surface area contributed by atoms with Gasteiger partial charge in [-0.15, -0.1) is 0 Å². The van der Waals surface area contributed by atoms with Gasteiger partial charge in [0, 0.05) is 25.1 Å². The topological polar surface area (TPSA) is 92.9 Å². The molecule has 0 fully saturated rings. The summed E-state index contributed by atoms with van der Waals surface area (Å²) in [6.45, 7) is 4.37. The number of hydrogen-bond donors (Lipinski definition) is 2. The number of hydrogen-bond acceptors (Lipinski definition) is 5. The van der Waals surface area contributed by atoms with E-state index in [1.165, 1.54) is 16.8 Å². The third-order valence-electron chi connectivity index (χ3n) is 6.11. The second-order valence-electron chi connectivity index (χ2n) is 8.28. The van der Waals surface area contributed by atoms with Gasteiger partial charge in [0.2, 0.25) is 11.9 Å². The van der Waals surface area contributed by atoms with E-state index in [0.717, 1.165) is 23.8 Å². The van der Waals surface area contributed by atoms with Gasteiger partial charge in [0.15, 0.2) is 6.19 Å². The molecule has 190 valence electrons. The lowest BCUT2D eigenvalue weighted by Gasteiger charge is -2.37. The van der Waals surface area contributed by atoms with Crippen molar-refractivity contribution in [2.75, 3.05) is 13.6 Å². The van der Waals surface area contributed by atoms with Crippen LogP contribution in [0.3, 0.4) is 0 Å². The van der Waals surface area contributed by atoms with E-state index in [1.807, 2.05) is 50.4 Å². The Morgan fingerprint density at radius 1 is 1.22 bits per heavy atom. The molecule has 10 heteroatoms. The summed E-state index contributed by atoms with van der Waals surface area (Å²) in [6.07, 6.45) is 4.15. The number of aliphatic imine (C=N–C) groups is 1. The SMILES string of the molecule is CCC(CC)C(=O)N1N=C(c2cc(F)ccc2F)SC1(CCCNC(=NC)NC#N)c1ccccc1. The van der Waals surface area contributed by atoms with Crippen molar-refractivity contribution in [3.8, 4) is 6.19 Å². The number of amides is 1. The average molecular weight is 513 g/mol. The van der Waals surface area contributed by atoms with Crippen molar-refractivity contribution < 1.29 is 13.6 Å². The molecule has 0 saturated carbocycles. The van der Waals surface area contributed by atoms with Gasteiger partial charge in [-0.25, -0.2) is 13.8 Å². The molecule has 7 nitrogen and oxygen atoms in total. The molecular weight excluding hydrogens is 482 g/mol. The number of carbonyl (C=O) groups is 1. The van der Waals surface area contributed by atoms with E-state index >= 15 is 0 Å². The summed E-state index contributed by atoms with van der Waals surface area (Å²) in [5.74, 6) is -1.25. The number of nitrogens with one attached hydrogen (secondary N) is 2. The monoisotopic (exact) mass is 512 g/mol. The molecule has 1 amide bonds. The Morgan fingerprint density at radius 3 is 2.58 bits per heavy atom. The zero-order valence-electron chi connectivity index (χ0n) is 20.6. The first kappa shape index (κ1) is 27.1. The summed E-state index contributed by atoms with van der Waals surface area (Å²) < 4.78 is 28.9. The van der Waals surface area contributed by atoms with E-state index in [9.17, 15) is 13.6 Å². The molecule has 1 aliphatic heterocycles. The Kier molecular flexibility index (Phi) is 9.42. The van der Waals surface area contributed by atoms with Crippen molar-refractivity contribution >= 4 is 28.7 Å². The number of guanidine groups is 1. The minimum absolute atomic E-state index is 0.0249. The molecular formula is C26H30F2N6OS. The number of nitriles is 1. The number of halogens is 2. The fraction of sp³-hybridized carbons (Fsp3) is 0.385. The number of benzene rings is 2. The lowest BCUT2D eigenvalue weighted by atomic mass is 9.96. The van der Waals surface area contributed by atoms with Crippen LogP contribution in [0.25, 0.3) is 0 Å². The summed E-state index contributed by atoms with van der Waals surface area (Å²) in [4.78, 5) is 16.8. The number of rotatable bonds is 9. The fourth-order valence-corrected chi connectivity index (χ4v) is 5.58. The summed E-state index contributed by atoms with van der Waals surface area (Å²) in [5.41, 5.74) is 0.862. The van der Waals surface area contributed by atoms with Crippen LogP contribution in [-0.2, 0) is 9.67 Å². The van der Waals surface area contributed by atoms with Gasteiger partial charge in [0.25, 0.3) is 0 Å². The smallest absolute Gasteiger partial charge is 0.247 e. The van der Waals surface area contributed by atoms with Crippen molar-refractivity contribution in [2.45, 2.75) is 44.4 Å². The van der Waals surface area contributed by atoms with Gasteiger partial charge in [0.05, 0.1) is 0 Å². The summed E-state index contributed by atoms with van der Waals surface area (Å²) in [5, 5.41) is 20.8. The molecule has 0 bridgehead atoms. The normalized spacial score (nSPS) is 17.6. The van der Waals surface area contributed by atoms with Gasteiger partial charge in [-0.1, -0.05) is 55.9 Å². The minimum atomic E-state index is -0.955. The van der Waals surface area contributed by atoms with Crippen LogP contribution >= 0.6 is 11.8 Å². The molecule has 1 atom stereocenters. The Balaban J connectivity index is 2.04. The molecule has 1 unspecified atom stereocenters. The largest absolute Gasteiger partial charge is 0.356 e. The highest BCUT2D eigenvalue weighted by Crippen LogP contribution is 2.51. The highest BCUT2D eigenvalue weighted by atomic mass is 32.2. The number of thioether (sulfide) groups is 1. The molecule has 2 aromatic rings. The van der Waals surface area contributed by atoms with Crippen molar-refractivity contribution in [3.63, 3.8) is 0 Å². The molecule has 0 spiro atoms. The van der Waals surface area contributed by atoms with E-state index in [2.05, 4.69) is 20.7 Å². The zero-order chi connectivity index (χ0) is 26.1. The highest BCUT2D eigenvalue weighted by molar-refractivity contribution is 8.15. The molecule has 1 aliphatic rings. The number of hydrazone groups is 1. The highest BCUT2D eigenvalue weighted by Gasteiger charge is 2.49. The van der Waals surface area contributed by atoms with Crippen LogP contribution in [0.1, 0.15) is 50.7 Å². The molecule has 36 heavy (non-hydrogen) atoms. The standard InChI is InChI=1S/C26H30F2N6OS/c1-4-18(5-2)24(35)34-26(19-10-7-6-8-11-19,14-9-15-31-25(30-3)32-17-29)36-23(33-34)21-16-20(27)12-13-22(21)28/h6-8,10-13,16,18H,4-5,9,14-15H2,1-3H3,(H2,30,31,32). The van der Waals surface area contributed by atoms with E-state index in [4.69, 9.17) is 5.26 Å². The van der Waals surface area contributed by atoms with Crippen molar-refractivity contribution in [1.29, 1.82) is 5.26 Å². The maximum Gasteiger partial charge on any atom is 0.247 e. The van der Waals surface area contributed by atoms with Crippen LogP contribution in [0.2, 0.25) is 0 Å². The zero-order valence-corrected chi connectivity index (χ0v) is 21.4. The van der Waals surface area contributed by atoms with Crippen LogP contribution in [0.5, 0.6) is 0 Å². The molecule has 3 rings (SSSR count). The van der Waals surface area contributed by atoms with Gasteiger partial charge in [0.1, 0.15) is 21.5 Å². The van der Waals surface area contributed by atoms with Gasteiger partial charge < -0.3 is 5.32 Å². The number of carbonyl (C=O) groups excluding carboxylic acids is 1. The quantitative estimate of drug-likeness (QED) is 0.164. The second-order valence-corrected chi connectivity index (χ2v) is 9.55. The third-order valence-corrected chi connectivity index (χ3v) is 7.55. The first-order valence-electron chi connectivity index (χ1n) is 11.9. The molecule has 0 saturated heterocycles. The Hall–Kier alpha value is -3.45. The second kappa shape index (κ2) is 12.5. The minimum Gasteiger partial charge on any atom is -0.356 e. The van der Waals surface area contributed by atoms with Gasteiger partial charge in [-0.05, 0) is 49.4 Å². The first-order chi connectivity index (χ1) is 17.4. The van der Waals surface area contributed by atoms with E-state index in [-0.39, 0.29) is 22.4 Å². The van der Waals surface area contributed by atoms with Gasteiger partial charge >= 0.3 is 0 Å². The van der Waals surface area contributed by atoms with E-state index in [0.29, 0.717) is 38.2 Å². The summed E-state index contributed by atoms with van der Waals surface area (Å²) in [7, 11) is 1.56. The van der Waals surface area contributed by atoms with Crippen LogP contribution in [0.15, 0.2) is 58.6 Å². The summed E-state index contributed by atoms with van der Waals surface area (Å²) in [6, 6.07) is 12.7. The predicted molar refractivity (Wildman–Crippen MR) is 139 cm³/mol. The van der Waals surface area contributed by atoms with Crippen LogP contribution in [0.4, 0.5) is 8.78 Å². The maximum absolute atomic E-state index is 14.8. The van der Waals surface area contributed by atoms with Gasteiger partial charge in [-0.2, -0.15) is 10.4 Å². The van der Waals surface area contributed by atoms with E-state index < -0.39 is 16.5 Å². The van der Waals surface area contributed by atoms with Crippen molar-refractivity contribution in [3.05, 3.63) is 71.3 Å². The Morgan fingerprint density at radius 2 is 1.94 bits per heavy atom. The van der Waals surface area contributed by atoms with Crippen LogP contribution in [-0.4, -0.2) is 35.5 Å². The molecule has 0 aromatic heterocycles.